The zero-order valence-corrected chi connectivity index (χ0v) is 19.6. The fourth-order valence-electron chi connectivity index (χ4n) is 4.43. The van der Waals surface area contributed by atoms with E-state index < -0.39 is 0 Å². The van der Waals surface area contributed by atoms with Crippen LogP contribution in [0, 0.1) is 6.92 Å². The fraction of sp³-hybridized carbons (Fsp3) is 0.0333. The van der Waals surface area contributed by atoms with Gasteiger partial charge in [-0.1, -0.05) is 72.8 Å². The minimum absolute atomic E-state index is 0.507. The second-order valence-electron chi connectivity index (χ2n) is 8.69. The van der Waals surface area contributed by atoms with Crippen molar-refractivity contribution in [1.29, 1.82) is 0 Å². The summed E-state index contributed by atoms with van der Waals surface area (Å²) in [4.78, 5) is 14.6. The highest BCUT2D eigenvalue weighted by Crippen LogP contribution is 2.30. The van der Waals surface area contributed by atoms with Crippen LogP contribution in [0.25, 0.3) is 55.7 Å². The van der Waals surface area contributed by atoms with Crippen molar-refractivity contribution >= 4 is 29.2 Å². The maximum Gasteiger partial charge on any atom is 0.569 e. The van der Waals surface area contributed by atoms with Gasteiger partial charge in [0.1, 0.15) is 5.75 Å². The Labute approximate surface area is 209 Å². The third-order valence-electron chi connectivity index (χ3n) is 6.15. The maximum atomic E-state index is 9.14. The molecule has 5 nitrogen and oxygen atoms in total. The molecule has 6 rings (SSSR count). The van der Waals surface area contributed by atoms with Crippen molar-refractivity contribution in [1.82, 2.24) is 15.0 Å². The average molecular weight is 466 g/mol. The molecule has 6 aromatic rings. The molecule has 36 heavy (non-hydrogen) atoms. The molecule has 0 saturated heterocycles. The third kappa shape index (κ3) is 4.30. The first-order valence-corrected chi connectivity index (χ1v) is 11.7. The Bertz CT molecular complexity index is 1640. The largest absolute Gasteiger partial charge is 0.569 e. The van der Waals surface area contributed by atoms with Gasteiger partial charge < -0.3 is 9.68 Å². The molecule has 5 aromatic carbocycles. The van der Waals surface area contributed by atoms with E-state index in [0.29, 0.717) is 30.9 Å². The first-order chi connectivity index (χ1) is 17.7. The van der Waals surface area contributed by atoms with Crippen molar-refractivity contribution in [3.05, 3.63) is 109 Å². The normalized spacial score (nSPS) is 11.1. The molecule has 0 aliphatic rings. The Balaban J connectivity index is 1.56. The van der Waals surface area contributed by atoms with Gasteiger partial charge in [0, 0.05) is 16.7 Å². The Morgan fingerprint density at radius 3 is 1.58 bits per heavy atom. The van der Waals surface area contributed by atoms with Gasteiger partial charge in [-0.25, -0.2) is 15.0 Å². The van der Waals surface area contributed by atoms with Crippen LogP contribution in [0.2, 0.25) is 0 Å². The second kappa shape index (κ2) is 9.25. The highest BCUT2D eigenvalue weighted by molar-refractivity contribution is 6.17. The maximum absolute atomic E-state index is 9.14. The summed E-state index contributed by atoms with van der Waals surface area (Å²) >= 11 is 0. The molecule has 0 spiro atoms. The summed E-state index contributed by atoms with van der Waals surface area (Å²) in [5.41, 5.74) is 3.56. The number of fused-ring (bicyclic) bond motifs is 2. The molecule has 6 heteroatoms. The molecule has 0 unspecified atom stereocenters. The predicted molar refractivity (Wildman–Crippen MR) is 144 cm³/mol. The van der Waals surface area contributed by atoms with E-state index in [1.165, 1.54) is 0 Å². The Morgan fingerprint density at radius 2 is 1.06 bits per heavy atom. The van der Waals surface area contributed by atoms with Gasteiger partial charge in [0.15, 0.2) is 17.5 Å². The van der Waals surface area contributed by atoms with Crippen molar-refractivity contribution < 1.29 is 9.68 Å². The third-order valence-corrected chi connectivity index (χ3v) is 6.15. The average Bonchev–Trinajstić information content (AvgIpc) is 2.92. The summed E-state index contributed by atoms with van der Waals surface area (Å²) in [6.07, 6.45) is 0. The van der Waals surface area contributed by atoms with Crippen LogP contribution >= 0.6 is 0 Å². The number of rotatable bonds is 5. The molecule has 171 valence electrons. The van der Waals surface area contributed by atoms with Crippen LogP contribution in [0.15, 0.2) is 103 Å². The smallest absolute Gasteiger partial charge is 0.537 e. The Morgan fingerprint density at radius 1 is 0.556 bits per heavy atom. The van der Waals surface area contributed by atoms with E-state index in [-0.39, 0.29) is 0 Å². The highest BCUT2D eigenvalue weighted by Gasteiger charge is 2.14. The number of nitrogens with zero attached hydrogens (tertiary/aromatic N) is 3. The summed E-state index contributed by atoms with van der Waals surface area (Å²) in [6.45, 7) is 1.96. The van der Waals surface area contributed by atoms with Crippen LogP contribution < -0.4 is 4.65 Å². The molecule has 0 aliphatic heterocycles. The Hall–Kier alpha value is -4.55. The lowest BCUT2D eigenvalue weighted by Gasteiger charge is -2.11. The standard InChI is InChI=1S/C30H21BN3O2/c1-19-14-26(18-27(15-19)36-31-35)30-33-28(24-12-10-20-6-2-4-8-22(20)16-24)32-29(34-30)25-13-11-21-7-3-5-9-23(21)17-25/h2-18,35H,1H3. The van der Waals surface area contributed by atoms with Gasteiger partial charge >= 0.3 is 7.69 Å². The van der Waals surface area contributed by atoms with E-state index in [9.17, 15) is 0 Å². The minimum Gasteiger partial charge on any atom is -0.537 e. The van der Waals surface area contributed by atoms with Crippen molar-refractivity contribution in [2.45, 2.75) is 6.92 Å². The second-order valence-corrected chi connectivity index (χ2v) is 8.69. The molecule has 0 amide bonds. The van der Waals surface area contributed by atoms with Crippen LogP contribution in [0.4, 0.5) is 0 Å². The number of aryl methyl sites for hydroxylation is 1. The van der Waals surface area contributed by atoms with Gasteiger partial charge in [0.05, 0.1) is 0 Å². The topological polar surface area (TPSA) is 68.1 Å². The van der Waals surface area contributed by atoms with E-state index in [1.54, 1.807) is 0 Å². The number of benzene rings is 5. The number of hydrogen-bond acceptors (Lipinski definition) is 5. The van der Waals surface area contributed by atoms with E-state index in [0.717, 1.165) is 43.8 Å². The number of hydrogen-bond donors (Lipinski definition) is 1. The molecular formula is C30H21BN3O2. The lowest BCUT2D eigenvalue weighted by Crippen LogP contribution is -2.02. The van der Waals surface area contributed by atoms with Crippen molar-refractivity contribution in [2.24, 2.45) is 0 Å². The van der Waals surface area contributed by atoms with Gasteiger partial charge in [0.2, 0.25) is 0 Å². The van der Waals surface area contributed by atoms with Crippen molar-refractivity contribution in [3.63, 3.8) is 0 Å². The quantitative estimate of drug-likeness (QED) is 0.298. The molecule has 0 atom stereocenters. The lowest BCUT2D eigenvalue weighted by atomic mass is 10.1. The molecule has 0 saturated carbocycles. The van der Waals surface area contributed by atoms with Gasteiger partial charge in [-0.05, 0) is 64.4 Å². The summed E-state index contributed by atoms with van der Waals surface area (Å²) in [5, 5.41) is 13.7. The first-order valence-electron chi connectivity index (χ1n) is 11.7. The summed E-state index contributed by atoms with van der Waals surface area (Å²) in [7, 11) is 0.674. The fourth-order valence-corrected chi connectivity index (χ4v) is 4.43. The molecular weight excluding hydrogens is 445 g/mol. The Kier molecular flexibility index (Phi) is 5.64. The monoisotopic (exact) mass is 466 g/mol. The molecule has 0 fully saturated rings. The molecule has 1 heterocycles. The molecule has 0 bridgehead atoms. The van der Waals surface area contributed by atoms with E-state index in [2.05, 4.69) is 48.5 Å². The van der Waals surface area contributed by atoms with Gasteiger partial charge in [0.25, 0.3) is 0 Å². The first kappa shape index (κ1) is 22.0. The van der Waals surface area contributed by atoms with Crippen LogP contribution in [-0.2, 0) is 0 Å². The van der Waals surface area contributed by atoms with Crippen molar-refractivity contribution in [2.75, 3.05) is 0 Å². The van der Waals surface area contributed by atoms with Gasteiger partial charge in [-0.3, -0.25) is 0 Å². The van der Waals surface area contributed by atoms with E-state index >= 15 is 0 Å². The molecule has 1 N–H and O–H groups in total. The van der Waals surface area contributed by atoms with Crippen LogP contribution in [-0.4, -0.2) is 27.7 Å². The van der Waals surface area contributed by atoms with Gasteiger partial charge in [-0.2, -0.15) is 0 Å². The summed E-state index contributed by atoms with van der Waals surface area (Å²) in [5.74, 6) is 2.22. The van der Waals surface area contributed by atoms with E-state index in [4.69, 9.17) is 24.6 Å². The van der Waals surface area contributed by atoms with Gasteiger partial charge in [-0.15, -0.1) is 0 Å². The molecule has 0 aliphatic carbocycles. The van der Waals surface area contributed by atoms with Crippen LogP contribution in [0.5, 0.6) is 5.75 Å². The molecule has 1 aromatic heterocycles. The van der Waals surface area contributed by atoms with Crippen molar-refractivity contribution in [3.8, 4) is 39.9 Å². The van der Waals surface area contributed by atoms with Crippen LogP contribution in [0.3, 0.4) is 0 Å². The minimum atomic E-state index is 0.507. The predicted octanol–water partition coefficient (Wildman–Crippen LogP) is 6.39. The summed E-state index contributed by atoms with van der Waals surface area (Å²) in [6, 6.07) is 34.5. The van der Waals surface area contributed by atoms with Crippen LogP contribution in [0.1, 0.15) is 5.56 Å². The zero-order chi connectivity index (χ0) is 24.5. The molecule has 1 radical (unpaired) electrons. The number of aromatic nitrogens is 3. The highest BCUT2D eigenvalue weighted by atomic mass is 16.5. The lowest BCUT2D eigenvalue weighted by molar-refractivity contribution is 0.453. The zero-order valence-electron chi connectivity index (χ0n) is 19.6. The SMILES string of the molecule is Cc1cc(O[B]O)cc(-c2nc(-c3ccc4ccccc4c3)nc(-c3ccc4ccccc4c3)n2)c1. The summed E-state index contributed by atoms with van der Waals surface area (Å²) < 4.78 is 5.23. The van der Waals surface area contributed by atoms with E-state index in [1.807, 2.05) is 61.5 Å².